The lowest BCUT2D eigenvalue weighted by molar-refractivity contribution is -0.216. The summed E-state index contributed by atoms with van der Waals surface area (Å²) in [5, 5.41) is 31.8. The zero-order chi connectivity index (χ0) is 24.9. The van der Waals surface area contributed by atoms with E-state index in [1.807, 2.05) is 0 Å². The number of fused-ring (bicyclic) bond motifs is 7. The largest absolute Gasteiger partial charge is 0.481 e. The Labute approximate surface area is 206 Å². The van der Waals surface area contributed by atoms with Gasteiger partial charge in [0.25, 0.3) is 0 Å². The van der Waals surface area contributed by atoms with Crippen molar-refractivity contribution in [1.29, 1.82) is 0 Å². The minimum absolute atomic E-state index is 0.0204. The van der Waals surface area contributed by atoms with Gasteiger partial charge in [0.05, 0.1) is 18.1 Å². The fourth-order valence-electron chi connectivity index (χ4n) is 10.7. The van der Waals surface area contributed by atoms with Gasteiger partial charge in [0.15, 0.2) is 0 Å². The summed E-state index contributed by atoms with van der Waals surface area (Å²) in [7, 11) is 0. The van der Waals surface area contributed by atoms with Gasteiger partial charge in [0.1, 0.15) is 0 Å². The van der Waals surface area contributed by atoms with Crippen LogP contribution < -0.4 is 0 Å². The van der Waals surface area contributed by atoms with Crippen LogP contribution in [0, 0.1) is 50.2 Å². The number of aliphatic hydroxyl groups excluding tert-OH is 2. The van der Waals surface area contributed by atoms with Gasteiger partial charge in [-0.3, -0.25) is 4.79 Å². The van der Waals surface area contributed by atoms with Crippen molar-refractivity contribution in [2.45, 2.75) is 112 Å². The van der Waals surface area contributed by atoms with E-state index in [0.29, 0.717) is 11.8 Å². The zero-order valence-corrected chi connectivity index (χ0v) is 22.4. The van der Waals surface area contributed by atoms with Crippen molar-refractivity contribution >= 4 is 5.97 Å². The van der Waals surface area contributed by atoms with E-state index in [9.17, 15) is 20.1 Å². The minimum Gasteiger partial charge on any atom is -0.481 e. The van der Waals surface area contributed by atoms with Crippen molar-refractivity contribution in [3.05, 3.63) is 11.6 Å². The molecule has 5 aliphatic rings. The highest BCUT2D eigenvalue weighted by molar-refractivity contribution is 5.76. The second-order valence-electron chi connectivity index (χ2n) is 14.9. The summed E-state index contributed by atoms with van der Waals surface area (Å²) in [6.07, 6.45) is 11.6. The molecule has 4 saturated carbocycles. The highest BCUT2D eigenvalue weighted by Gasteiger charge is 2.69. The molecule has 4 nitrogen and oxygen atoms in total. The number of aliphatic hydroxyl groups is 2. The van der Waals surface area contributed by atoms with E-state index in [4.69, 9.17) is 0 Å². The van der Waals surface area contributed by atoms with Gasteiger partial charge < -0.3 is 15.3 Å². The van der Waals surface area contributed by atoms with Crippen LogP contribution in [0.4, 0.5) is 0 Å². The first kappa shape index (κ1) is 24.8. The summed E-state index contributed by atoms with van der Waals surface area (Å²) in [5.74, 6) is 0.395. The standard InChI is InChI=1S/C30H48O4/c1-25(2)13-15-30(24(33)34)16-14-28(5)19(20(30)17-25)7-8-22-26(3)11-10-23(32)27(4,18-31)21(26)9-12-29(22,28)6/h7,20-23,31-32H,8-18H2,1-6H3,(H,33,34)/t20?,21?,22?,23-,26-,27+,28+,29+,30-/m0/s1. The highest BCUT2D eigenvalue weighted by Crippen LogP contribution is 2.75. The molecule has 0 saturated heterocycles. The first-order chi connectivity index (χ1) is 15.7. The topological polar surface area (TPSA) is 77.8 Å². The smallest absolute Gasteiger partial charge is 0.310 e. The lowest BCUT2D eigenvalue weighted by Gasteiger charge is -2.71. The van der Waals surface area contributed by atoms with Crippen LogP contribution in [-0.4, -0.2) is 34.0 Å². The van der Waals surface area contributed by atoms with E-state index >= 15 is 0 Å². The molecule has 0 heterocycles. The zero-order valence-electron chi connectivity index (χ0n) is 22.4. The predicted octanol–water partition coefficient (Wildman–Crippen LogP) is 6.21. The van der Waals surface area contributed by atoms with Gasteiger partial charge in [0, 0.05) is 5.41 Å². The van der Waals surface area contributed by atoms with Gasteiger partial charge in [-0.15, -0.1) is 0 Å². The maximum absolute atomic E-state index is 12.8. The molecule has 34 heavy (non-hydrogen) atoms. The minimum atomic E-state index is -0.588. The second kappa shape index (κ2) is 7.34. The molecule has 0 spiro atoms. The quantitative estimate of drug-likeness (QED) is 0.418. The number of aliphatic carboxylic acids is 1. The summed E-state index contributed by atoms with van der Waals surface area (Å²) in [4.78, 5) is 12.8. The average molecular weight is 473 g/mol. The van der Waals surface area contributed by atoms with Gasteiger partial charge in [-0.25, -0.2) is 0 Å². The first-order valence-electron chi connectivity index (χ1n) is 13.9. The van der Waals surface area contributed by atoms with Crippen molar-refractivity contribution in [3.8, 4) is 0 Å². The van der Waals surface area contributed by atoms with Crippen LogP contribution in [-0.2, 0) is 4.79 Å². The molecule has 0 aromatic carbocycles. The van der Waals surface area contributed by atoms with E-state index < -0.39 is 22.9 Å². The van der Waals surface area contributed by atoms with Gasteiger partial charge in [-0.1, -0.05) is 53.2 Å². The number of carboxylic acids is 1. The fraction of sp³-hybridized carbons (Fsp3) is 0.900. The molecule has 0 aliphatic heterocycles. The van der Waals surface area contributed by atoms with Crippen LogP contribution >= 0.6 is 0 Å². The molecule has 4 fully saturated rings. The number of carboxylic acid groups (broad SMARTS) is 1. The van der Waals surface area contributed by atoms with E-state index in [2.05, 4.69) is 47.6 Å². The SMILES string of the molecule is CC1(C)CC[C@]2(C(=O)O)CC[C@]3(C)C(=CCC4[C@@]5(C)CC[C@H](O)[C@](C)(CO)C5CC[C@]43C)C2C1. The molecule has 0 aromatic rings. The van der Waals surface area contributed by atoms with Crippen molar-refractivity contribution in [2.75, 3.05) is 6.61 Å². The first-order valence-corrected chi connectivity index (χ1v) is 13.9. The molecule has 0 bridgehead atoms. The Morgan fingerprint density at radius 3 is 2.26 bits per heavy atom. The summed E-state index contributed by atoms with van der Waals surface area (Å²) in [5.41, 5.74) is 0.858. The van der Waals surface area contributed by atoms with Crippen LogP contribution in [0.1, 0.15) is 106 Å². The van der Waals surface area contributed by atoms with Crippen LogP contribution in [0.5, 0.6) is 0 Å². The Kier molecular flexibility index (Phi) is 5.36. The van der Waals surface area contributed by atoms with Gasteiger partial charge in [0.2, 0.25) is 0 Å². The summed E-state index contributed by atoms with van der Waals surface area (Å²) >= 11 is 0. The third-order valence-corrected chi connectivity index (χ3v) is 13.2. The molecule has 3 unspecified atom stereocenters. The number of rotatable bonds is 2. The Morgan fingerprint density at radius 1 is 0.941 bits per heavy atom. The van der Waals surface area contributed by atoms with Crippen molar-refractivity contribution in [2.24, 2.45) is 50.2 Å². The van der Waals surface area contributed by atoms with Crippen molar-refractivity contribution in [1.82, 2.24) is 0 Å². The van der Waals surface area contributed by atoms with Crippen molar-refractivity contribution < 1.29 is 20.1 Å². The molecule has 5 aliphatic carbocycles. The molecule has 0 radical (unpaired) electrons. The van der Waals surface area contributed by atoms with Gasteiger partial charge in [-0.2, -0.15) is 0 Å². The molecule has 0 amide bonds. The fourth-order valence-corrected chi connectivity index (χ4v) is 10.7. The van der Waals surface area contributed by atoms with Crippen LogP contribution in [0.25, 0.3) is 0 Å². The lowest BCUT2D eigenvalue weighted by atomic mass is 9.33. The second-order valence-corrected chi connectivity index (χ2v) is 14.9. The molecule has 4 heteroatoms. The third-order valence-electron chi connectivity index (χ3n) is 13.2. The van der Waals surface area contributed by atoms with Crippen LogP contribution in [0.15, 0.2) is 11.6 Å². The normalized spacial score (nSPS) is 54.1. The molecular formula is C30H48O4. The Hall–Kier alpha value is -0.870. The summed E-state index contributed by atoms with van der Waals surface area (Å²) < 4.78 is 0. The summed E-state index contributed by atoms with van der Waals surface area (Å²) in [6.45, 7) is 14.3. The van der Waals surface area contributed by atoms with Gasteiger partial charge in [-0.05, 0) is 104 Å². The Bertz CT molecular complexity index is 907. The number of hydrogen-bond donors (Lipinski definition) is 3. The molecule has 5 rings (SSSR count). The van der Waals surface area contributed by atoms with E-state index in [0.717, 1.165) is 64.2 Å². The lowest BCUT2D eigenvalue weighted by Crippen LogP contribution is -2.65. The van der Waals surface area contributed by atoms with Crippen LogP contribution in [0.3, 0.4) is 0 Å². The Balaban J connectivity index is 1.60. The monoisotopic (exact) mass is 472 g/mol. The molecule has 192 valence electrons. The summed E-state index contributed by atoms with van der Waals surface area (Å²) in [6, 6.07) is 0. The third kappa shape index (κ3) is 2.88. The molecule has 0 aromatic heterocycles. The molecular weight excluding hydrogens is 424 g/mol. The highest BCUT2D eigenvalue weighted by atomic mass is 16.4. The van der Waals surface area contributed by atoms with Crippen molar-refractivity contribution in [3.63, 3.8) is 0 Å². The van der Waals surface area contributed by atoms with E-state index in [1.54, 1.807) is 0 Å². The maximum atomic E-state index is 12.8. The van der Waals surface area contributed by atoms with Crippen LogP contribution in [0.2, 0.25) is 0 Å². The number of carbonyl (C=O) groups is 1. The van der Waals surface area contributed by atoms with Gasteiger partial charge >= 0.3 is 5.97 Å². The predicted molar refractivity (Wildman–Crippen MR) is 134 cm³/mol. The average Bonchev–Trinajstić information content (AvgIpc) is 2.76. The maximum Gasteiger partial charge on any atom is 0.310 e. The van der Waals surface area contributed by atoms with E-state index in [-0.39, 0.29) is 34.2 Å². The van der Waals surface area contributed by atoms with E-state index in [1.165, 1.54) is 5.57 Å². The number of hydrogen-bond acceptors (Lipinski definition) is 3. The molecule has 3 N–H and O–H groups in total. The molecule has 9 atom stereocenters. The number of allylic oxidation sites excluding steroid dienone is 2. The Morgan fingerprint density at radius 2 is 1.62 bits per heavy atom.